The second-order valence-corrected chi connectivity index (χ2v) is 6.98. The molecule has 1 fully saturated rings. The fourth-order valence-electron chi connectivity index (χ4n) is 3.01. The third-order valence-electron chi connectivity index (χ3n) is 4.07. The Morgan fingerprint density at radius 3 is 2.83 bits per heavy atom. The Balaban J connectivity index is 2.36. The van der Waals surface area contributed by atoms with Gasteiger partial charge in [0.15, 0.2) is 0 Å². The maximum absolute atomic E-state index is 12.3. The first-order valence-electron chi connectivity index (χ1n) is 8.00. The standard InChI is InChI=1S/C16H25N3O3S/c1-4-22-16(21)12-11(9-19-7-5-6-10(2)8-19)13(15(20)18-3)23-14(12)17/h10H,4-9,17H2,1-3H3,(H,18,20)/t10-/m0/s1. The number of nitrogens with zero attached hydrogens (tertiary/aromatic N) is 1. The Hall–Kier alpha value is -1.60. The highest BCUT2D eigenvalue weighted by Gasteiger charge is 2.28. The van der Waals surface area contributed by atoms with Crippen LogP contribution < -0.4 is 11.1 Å². The molecule has 0 bridgehead atoms. The molecule has 0 aliphatic carbocycles. The molecule has 1 aromatic heterocycles. The Bertz CT molecular complexity index is 585. The van der Waals surface area contributed by atoms with Crippen molar-refractivity contribution in [2.24, 2.45) is 5.92 Å². The van der Waals surface area contributed by atoms with E-state index in [1.807, 2.05) is 0 Å². The van der Waals surface area contributed by atoms with Crippen molar-refractivity contribution in [3.05, 3.63) is 16.0 Å². The van der Waals surface area contributed by atoms with E-state index < -0.39 is 5.97 Å². The molecule has 6 nitrogen and oxygen atoms in total. The summed E-state index contributed by atoms with van der Waals surface area (Å²) < 4.78 is 5.12. The van der Waals surface area contributed by atoms with Crippen LogP contribution in [0.5, 0.6) is 0 Å². The minimum absolute atomic E-state index is 0.211. The molecule has 128 valence electrons. The molecule has 7 heteroatoms. The van der Waals surface area contributed by atoms with Gasteiger partial charge in [0.2, 0.25) is 0 Å². The fraction of sp³-hybridized carbons (Fsp3) is 0.625. The predicted octanol–water partition coefficient (Wildman–Crippen LogP) is 2.10. The van der Waals surface area contributed by atoms with Gasteiger partial charge in [-0.1, -0.05) is 6.92 Å². The first-order chi connectivity index (χ1) is 11.0. The molecule has 0 spiro atoms. The van der Waals surface area contributed by atoms with Crippen molar-refractivity contribution >= 4 is 28.2 Å². The molecule has 2 heterocycles. The smallest absolute Gasteiger partial charge is 0.341 e. The van der Waals surface area contributed by atoms with E-state index >= 15 is 0 Å². The molecule has 1 aliphatic heterocycles. The van der Waals surface area contributed by atoms with Crippen LogP contribution in [0.4, 0.5) is 5.00 Å². The van der Waals surface area contributed by atoms with E-state index in [9.17, 15) is 9.59 Å². The number of nitrogen functional groups attached to an aromatic ring is 1. The van der Waals surface area contributed by atoms with E-state index in [-0.39, 0.29) is 12.5 Å². The normalized spacial score (nSPS) is 18.7. The average Bonchev–Trinajstić information content (AvgIpc) is 2.83. The molecule has 0 radical (unpaired) electrons. The number of rotatable bonds is 5. The number of nitrogens with two attached hydrogens (primary N) is 1. The summed E-state index contributed by atoms with van der Waals surface area (Å²) in [5.74, 6) is -0.0389. The minimum Gasteiger partial charge on any atom is -0.462 e. The molecule has 1 atom stereocenters. The lowest BCUT2D eigenvalue weighted by atomic mass is 9.99. The molecule has 1 saturated heterocycles. The first-order valence-corrected chi connectivity index (χ1v) is 8.82. The number of likely N-dealkylation sites (tertiary alicyclic amines) is 1. The number of hydrogen-bond donors (Lipinski definition) is 2. The highest BCUT2D eigenvalue weighted by Crippen LogP contribution is 2.33. The summed E-state index contributed by atoms with van der Waals surface area (Å²) in [7, 11) is 1.58. The van der Waals surface area contributed by atoms with Crippen LogP contribution in [0.3, 0.4) is 0 Å². The Morgan fingerprint density at radius 2 is 2.22 bits per heavy atom. The van der Waals surface area contributed by atoms with E-state index in [2.05, 4.69) is 17.1 Å². The lowest BCUT2D eigenvalue weighted by Gasteiger charge is -2.31. The largest absolute Gasteiger partial charge is 0.462 e. The average molecular weight is 339 g/mol. The van der Waals surface area contributed by atoms with Crippen LogP contribution in [0.2, 0.25) is 0 Å². The van der Waals surface area contributed by atoms with Crippen LogP contribution in [-0.2, 0) is 11.3 Å². The summed E-state index contributed by atoms with van der Waals surface area (Å²) in [5.41, 5.74) is 7.07. The van der Waals surface area contributed by atoms with Crippen molar-refractivity contribution in [1.29, 1.82) is 0 Å². The zero-order valence-electron chi connectivity index (χ0n) is 14.0. The highest BCUT2D eigenvalue weighted by molar-refractivity contribution is 7.18. The topological polar surface area (TPSA) is 84.7 Å². The van der Waals surface area contributed by atoms with Gasteiger partial charge in [-0.2, -0.15) is 0 Å². The van der Waals surface area contributed by atoms with E-state index in [4.69, 9.17) is 10.5 Å². The van der Waals surface area contributed by atoms with Crippen LogP contribution in [0.15, 0.2) is 0 Å². The highest BCUT2D eigenvalue weighted by atomic mass is 32.1. The number of nitrogens with one attached hydrogen (secondary N) is 1. The second-order valence-electron chi connectivity index (χ2n) is 5.93. The number of amides is 1. The van der Waals surface area contributed by atoms with Crippen LogP contribution >= 0.6 is 11.3 Å². The third-order valence-corrected chi connectivity index (χ3v) is 5.13. The molecule has 0 unspecified atom stereocenters. The molecule has 1 aliphatic rings. The molecular formula is C16H25N3O3S. The van der Waals surface area contributed by atoms with Crippen molar-refractivity contribution in [2.45, 2.75) is 33.2 Å². The van der Waals surface area contributed by atoms with Gasteiger partial charge >= 0.3 is 5.97 Å². The van der Waals surface area contributed by atoms with Crippen LogP contribution in [0.1, 0.15) is 52.3 Å². The number of ether oxygens (including phenoxy) is 1. The Labute approximate surface area is 141 Å². The van der Waals surface area contributed by atoms with Crippen LogP contribution in [0, 0.1) is 5.92 Å². The van der Waals surface area contributed by atoms with Gasteiger partial charge in [0, 0.05) is 25.7 Å². The van der Waals surface area contributed by atoms with Crippen molar-refractivity contribution < 1.29 is 14.3 Å². The Morgan fingerprint density at radius 1 is 1.48 bits per heavy atom. The van der Waals surface area contributed by atoms with Crippen LogP contribution in [-0.4, -0.2) is 43.5 Å². The zero-order chi connectivity index (χ0) is 17.0. The molecular weight excluding hydrogens is 314 g/mol. The number of hydrogen-bond acceptors (Lipinski definition) is 6. The summed E-state index contributed by atoms with van der Waals surface area (Å²) in [4.78, 5) is 27.2. The lowest BCUT2D eigenvalue weighted by molar-refractivity contribution is 0.0525. The zero-order valence-corrected chi connectivity index (χ0v) is 14.8. The molecule has 0 saturated carbocycles. The predicted molar refractivity (Wildman–Crippen MR) is 91.8 cm³/mol. The van der Waals surface area contributed by atoms with E-state index in [1.165, 1.54) is 6.42 Å². The van der Waals surface area contributed by atoms with Gasteiger partial charge in [0.1, 0.15) is 5.00 Å². The summed E-state index contributed by atoms with van der Waals surface area (Å²) in [6, 6.07) is 0. The number of carbonyl (C=O) groups excluding carboxylic acids is 2. The maximum atomic E-state index is 12.3. The summed E-state index contributed by atoms with van der Waals surface area (Å²) >= 11 is 1.16. The fourth-order valence-corrected chi connectivity index (χ4v) is 4.03. The van der Waals surface area contributed by atoms with Crippen molar-refractivity contribution in [1.82, 2.24) is 10.2 Å². The second kappa shape index (κ2) is 7.79. The third kappa shape index (κ3) is 4.03. The molecule has 3 N–H and O–H groups in total. The first kappa shape index (κ1) is 17.7. The van der Waals surface area contributed by atoms with Gasteiger partial charge in [0.25, 0.3) is 5.91 Å². The van der Waals surface area contributed by atoms with Crippen molar-refractivity contribution in [3.63, 3.8) is 0 Å². The van der Waals surface area contributed by atoms with Crippen molar-refractivity contribution in [3.8, 4) is 0 Å². The SMILES string of the molecule is CCOC(=O)c1c(N)sc(C(=O)NC)c1CN1CCC[C@H](C)C1. The summed E-state index contributed by atoms with van der Waals surface area (Å²) in [5, 5.41) is 2.97. The molecule has 1 amide bonds. The van der Waals surface area contributed by atoms with Crippen LogP contribution in [0.25, 0.3) is 0 Å². The Kier molecular flexibility index (Phi) is 6.01. The number of thiophene rings is 1. The maximum Gasteiger partial charge on any atom is 0.341 e. The van der Waals surface area contributed by atoms with E-state index in [1.54, 1.807) is 14.0 Å². The minimum atomic E-state index is -0.448. The van der Waals surface area contributed by atoms with Gasteiger partial charge in [-0.3, -0.25) is 9.69 Å². The number of anilines is 1. The summed E-state index contributed by atoms with van der Waals surface area (Å²) in [6.07, 6.45) is 2.35. The monoisotopic (exact) mass is 339 g/mol. The van der Waals surface area contributed by atoms with Gasteiger partial charge in [-0.05, 0) is 32.2 Å². The summed E-state index contributed by atoms with van der Waals surface area (Å²) in [6.45, 7) is 6.74. The quantitative estimate of drug-likeness (QED) is 0.803. The van der Waals surface area contributed by atoms with Gasteiger partial charge in [-0.25, -0.2) is 4.79 Å². The molecule has 2 rings (SSSR count). The van der Waals surface area contributed by atoms with Gasteiger partial charge < -0.3 is 15.8 Å². The number of carbonyl (C=O) groups is 2. The number of piperidine rings is 1. The van der Waals surface area contributed by atoms with E-state index in [0.29, 0.717) is 33.5 Å². The van der Waals surface area contributed by atoms with Crippen molar-refractivity contribution in [2.75, 3.05) is 32.5 Å². The lowest BCUT2D eigenvalue weighted by Crippen LogP contribution is -2.34. The van der Waals surface area contributed by atoms with E-state index in [0.717, 1.165) is 30.8 Å². The molecule has 23 heavy (non-hydrogen) atoms. The number of esters is 1. The molecule has 1 aromatic rings. The van der Waals surface area contributed by atoms with Gasteiger partial charge in [0.05, 0.1) is 17.0 Å². The molecule has 0 aromatic carbocycles. The van der Waals surface area contributed by atoms with Gasteiger partial charge in [-0.15, -0.1) is 11.3 Å².